The minimum Gasteiger partial charge on any atom is -0.384 e. The van der Waals surface area contributed by atoms with Crippen LogP contribution in [0.4, 0.5) is 11.6 Å². The van der Waals surface area contributed by atoms with E-state index in [1.54, 1.807) is 6.07 Å². The molecule has 1 aromatic rings. The molecule has 0 spiro atoms. The van der Waals surface area contributed by atoms with Gasteiger partial charge in [0.1, 0.15) is 18.0 Å². The molecule has 1 aliphatic carbocycles. The molecule has 0 aromatic carbocycles. The molecule has 4 heteroatoms. The Morgan fingerprint density at radius 1 is 1.47 bits per heavy atom. The molecular weight excluding hydrogens is 188 g/mol. The maximum atomic E-state index is 5.59. The van der Waals surface area contributed by atoms with Gasteiger partial charge in [0.25, 0.3) is 0 Å². The van der Waals surface area contributed by atoms with Crippen LogP contribution in [-0.4, -0.2) is 16.5 Å². The Kier molecular flexibility index (Phi) is 2.75. The van der Waals surface area contributed by atoms with Crippen LogP contribution in [0, 0.1) is 5.41 Å². The van der Waals surface area contributed by atoms with E-state index in [1.807, 2.05) is 0 Å². The minimum absolute atomic E-state index is 0.500. The average Bonchev–Trinajstić information content (AvgIpc) is 2.17. The number of aromatic nitrogens is 2. The van der Waals surface area contributed by atoms with E-state index in [0.29, 0.717) is 11.2 Å². The Morgan fingerprint density at radius 3 is 2.80 bits per heavy atom. The molecule has 1 aliphatic rings. The molecule has 82 valence electrons. The second-order valence-corrected chi connectivity index (χ2v) is 4.39. The highest BCUT2D eigenvalue weighted by Gasteiger charge is 2.34. The predicted octanol–water partition coefficient (Wildman–Crippen LogP) is 2.05. The molecule has 1 heterocycles. The summed E-state index contributed by atoms with van der Waals surface area (Å²) in [6.45, 7) is 3.26. The van der Waals surface area contributed by atoms with Crippen LogP contribution in [-0.2, 0) is 0 Å². The van der Waals surface area contributed by atoms with Gasteiger partial charge in [0, 0.05) is 12.6 Å². The molecule has 1 aromatic heterocycles. The molecular formula is C11H18N4. The van der Waals surface area contributed by atoms with E-state index < -0.39 is 0 Å². The van der Waals surface area contributed by atoms with E-state index in [4.69, 9.17) is 5.73 Å². The summed E-state index contributed by atoms with van der Waals surface area (Å²) in [7, 11) is 0. The van der Waals surface area contributed by atoms with Crippen LogP contribution >= 0.6 is 0 Å². The number of hydrogen-bond acceptors (Lipinski definition) is 4. The van der Waals surface area contributed by atoms with Crippen molar-refractivity contribution in [1.29, 1.82) is 0 Å². The van der Waals surface area contributed by atoms with Crippen molar-refractivity contribution in [3.8, 4) is 0 Å². The van der Waals surface area contributed by atoms with E-state index in [9.17, 15) is 0 Å². The SMILES string of the molecule is CCC1(CNc2cc(N)ncn2)CCC1. The van der Waals surface area contributed by atoms with Crippen molar-refractivity contribution in [3.05, 3.63) is 12.4 Å². The third-order valence-electron chi connectivity index (χ3n) is 3.50. The van der Waals surface area contributed by atoms with Crippen LogP contribution in [0.3, 0.4) is 0 Å². The average molecular weight is 206 g/mol. The number of hydrogen-bond donors (Lipinski definition) is 2. The van der Waals surface area contributed by atoms with Gasteiger partial charge < -0.3 is 11.1 Å². The quantitative estimate of drug-likeness (QED) is 0.791. The zero-order valence-corrected chi connectivity index (χ0v) is 9.16. The van der Waals surface area contributed by atoms with E-state index >= 15 is 0 Å². The Balaban J connectivity index is 1.92. The minimum atomic E-state index is 0.500. The Bertz CT molecular complexity index is 328. The van der Waals surface area contributed by atoms with Crippen molar-refractivity contribution in [1.82, 2.24) is 9.97 Å². The molecule has 15 heavy (non-hydrogen) atoms. The van der Waals surface area contributed by atoms with Gasteiger partial charge in [-0.05, 0) is 24.7 Å². The summed E-state index contributed by atoms with van der Waals surface area (Å²) >= 11 is 0. The van der Waals surface area contributed by atoms with Gasteiger partial charge >= 0.3 is 0 Å². The molecule has 0 radical (unpaired) electrons. The monoisotopic (exact) mass is 206 g/mol. The molecule has 1 fully saturated rings. The number of nitrogens with two attached hydrogens (primary N) is 1. The first kappa shape index (κ1) is 10.2. The first-order chi connectivity index (χ1) is 7.24. The van der Waals surface area contributed by atoms with Gasteiger partial charge in [-0.2, -0.15) is 0 Å². The van der Waals surface area contributed by atoms with E-state index in [0.717, 1.165) is 12.4 Å². The molecule has 0 amide bonds. The Morgan fingerprint density at radius 2 is 2.27 bits per heavy atom. The highest BCUT2D eigenvalue weighted by atomic mass is 15.0. The first-order valence-corrected chi connectivity index (χ1v) is 5.55. The van der Waals surface area contributed by atoms with Crippen LogP contribution in [0.25, 0.3) is 0 Å². The standard InChI is InChI=1S/C11H18N4/c1-2-11(4-3-5-11)7-13-10-6-9(12)14-8-15-10/h6,8H,2-5,7H2,1H3,(H3,12,13,14,15). The van der Waals surface area contributed by atoms with Gasteiger partial charge in [-0.25, -0.2) is 9.97 Å². The lowest BCUT2D eigenvalue weighted by Gasteiger charge is -2.41. The summed E-state index contributed by atoms with van der Waals surface area (Å²) < 4.78 is 0. The molecule has 0 unspecified atom stereocenters. The second-order valence-electron chi connectivity index (χ2n) is 4.39. The maximum Gasteiger partial charge on any atom is 0.131 e. The van der Waals surface area contributed by atoms with Crippen LogP contribution < -0.4 is 11.1 Å². The highest BCUT2D eigenvalue weighted by Crippen LogP contribution is 2.43. The van der Waals surface area contributed by atoms with Gasteiger partial charge in [-0.1, -0.05) is 13.3 Å². The third kappa shape index (κ3) is 2.19. The molecule has 4 nitrogen and oxygen atoms in total. The fraction of sp³-hybridized carbons (Fsp3) is 0.636. The first-order valence-electron chi connectivity index (χ1n) is 5.55. The summed E-state index contributed by atoms with van der Waals surface area (Å²) in [5.74, 6) is 1.36. The topological polar surface area (TPSA) is 63.8 Å². The summed E-state index contributed by atoms with van der Waals surface area (Å²) in [4.78, 5) is 8.00. The number of nitrogens with zero attached hydrogens (tertiary/aromatic N) is 2. The van der Waals surface area contributed by atoms with Crippen molar-refractivity contribution < 1.29 is 0 Å². The zero-order valence-electron chi connectivity index (χ0n) is 9.16. The normalized spacial score (nSPS) is 18.2. The van der Waals surface area contributed by atoms with Crippen LogP contribution in [0.2, 0.25) is 0 Å². The van der Waals surface area contributed by atoms with Crippen molar-refractivity contribution in [2.75, 3.05) is 17.6 Å². The number of nitrogens with one attached hydrogen (secondary N) is 1. The maximum absolute atomic E-state index is 5.59. The van der Waals surface area contributed by atoms with Crippen molar-refractivity contribution >= 4 is 11.6 Å². The number of rotatable bonds is 4. The fourth-order valence-corrected chi connectivity index (χ4v) is 2.08. The van der Waals surface area contributed by atoms with Crippen molar-refractivity contribution in [2.45, 2.75) is 32.6 Å². The van der Waals surface area contributed by atoms with E-state index in [2.05, 4.69) is 22.2 Å². The van der Waals surface area contributed by atoms with E-state index in [1.165, 1.54) is 32.0 Å². The molecule has 2 rings (SSSR count). The summed E-state index contributed by atoms with van der Waals surface area (Å²) in [5, 5.41) is 3.35. The third-order valence-corrected chi connectivity index (χ3v) is 3.50. The van der Waals surface area contributed by atoms with Gasteiger partial charge in [0.2, 0.25) is 0 Å². The molecule has 1 saturated carbocycles. The number of nitrogen functional groups attached to an aromatic ring is 1. The molecule has 0 aliphatic heterocycles. The summed E-state index contributed by atoms with van der Waals surface area (Å²) in [6.07, 6.45) is 6.76. The summed E-state index contributed by atoms with van der Waals surface area (Å²) in [6, 6.07) is 1.78. The largest absolute Gasteiger partial charge is 0.384 e. The van der Waals surface area contributed by atoms with Crippen molar-refractivity contribution in [3.63, 3.8) is 0 Å². The number of anilines is 2. The fourth-order valence-electron chi connectivity index (χ4n) is 2.08. The highest BCUT2D eigenvalue weighted by molar-refractivity contribution is 5.43. The predicted molar refractivity (Wildman–Crippen MR) is 61.5 cm³/mol. The van der Waals surface area contributed by atoms with Gasteiger partial charge in [-0.3, -0.25) is 0 Å². The summed E-state index contributed by atoms with van der Waals surface area (Å²) in [5.41, 5.74) is 6.09. The van der Waals surface area contributed by atoms with Gasteiger partial charge in [-0.15, -0.1) is 0 Å². The van der Waals surface area contributed by atoms with Crippen LogP contribution in [0.5, 0.6) is 0 Å². The lowest BCUT2D eigenvalue weighted by Crippen LogP contribution is -2.36. The molecule has 3 N–H and O–H groups in total. The lowest BCUT2D eigenvalue weighted by atomic mass is 9.67. The Labute approximate surface area is 90.3 Å². The van der Waals surface area contributed by atoms with Gasteiger partial charge in [0.05, 0.1) is 0 Å². The van der Waals surface area contributed by atoms with Crippen LogP contribution in [0.15, 0.2) is 12.4 Å². The molecule has 0 atom stereocenters. The van der Waals surface area contributed by atoms with Crippen LogP contribution in [0.1, 0.15) is 32.6 Å². The second kappa shape index (κ2) is 4.04. The van der Waals surface area contributed by atoms with Crippen molar-refractivity contribution in [2.24, 2.45) is 5.41 Å². The smallest absolute Gasteiger partial charge is 0.131 e. The van der Waals surface area contributed by atoms with E-state index in [-0.39, 0.29) is 0 Å². The van der Waals surface area contributed by atoms with Gasteiger partial charge in [0.15, 0.2) is 0 Å². The zero-order chi connectivity index (χ0) is 10.7. The Hall–Kier alpha value is -1.32. The molecule has 0 saturated heterocycles. The lowest BCUT2D eigenvalue weighted by molar-refractivity contribution is 0.145. The molecule has 0 bridgehead atoms.